The summed E-state index contributed by atoms with van der Waals surface area (Å²) in [5, 5.41) is 15.9. The van der Waals surface area contributed by atoms with Gasteiger partial charge in [-0.3, -0.25) is 9.69 Å². The van der Waals surface area contributed by atoms with Gasteiger partial charge in [-0.1, -0.05) is 24.3 Å². The zero-order valence-corrected chi connectivity index (χ0v) is 21.3. The first-order valence-electron chi connectivity index (χ1n) is 13.5. The molecule has 9 nitrogen and oxygen atoms in total. The molecular formula is C28H37N5O4. The second-order valence-corrected chi connectivity index (χ2v) is 10.2. The zero-order valence-electron chi connectivity index (χ0n) is 21.3. The molecule has 5 rings (SSSR count). The van der Waals surface area contributed by atoms with Gasteiger partial charge in [0.1, 0.15) is 17.9 Å². The number of likely N-dealkylation sites (tertiary alicyclic amines) is 1. The van der Waals surface area contributed by atoms with E-state index in [4.69, 9.17) is 9.72 Å². The van der Waals surface area contributed by atoms with Crippen LogP contribution in [-0.2, 0) is 27.2 Å². The van der Waals surface area contributed by atoms with Crippen molar-refractivity contribution in [1.82, 2.24) is 15.2 Å². The first-order valence-corrected chi connectivity index (χ1v) is 13.5. The largest absolute Gasteiger partial charge is 0.480 e. The zero-order chi connectivity index (χ0) is 25.6. The molecule has 0 aliphatic carbocycles. The van der Waals surface area contributed by atoms with E-state index >= 15 is 0 Å². The van der Waals surface area contributed by atoms with Crippen LogP contribution in [0.15, 0.2) is 42.5 Å². The summed E-state index contributed by atoms with van der Waals surface area (Å²) in [6.07, 6.45) is 5.20. The number of para-hydroxylation sites is 1. The Morgan fingerprint density at radius 2 is 2.00 bits per heavy atom. The number of aromatic nitrogens is 1. The smallest absolute Gasteiger partial charge is 0.326 e. The monoisotopic (exact) mass is 507 g/mol. The minimum atomic E-state index is -0.988. The van der Waals surface area contributed by atoms with Crippen LogP contribution in [0.2, 0.25) is 0 Å². The van der Waals surface area contributed by atoms with E-state index in [0.717, 1.165) is 75.5 Å². The number of nitrogens with one attached hydrogen (secondary N) is 2. The average Bonchev–Trinajstić information content (AvgIpc) is 3.39. The van der Waals surface area contributed by atoms with E-state index in [-0.39, 0.29) is 18.1 Å². The predicted molar refractivity (Wildman–Crippen MR) is 142 cm³/mol. The highest BCUT2D eigenvalue weighted by Gasteiger charge is 2.34. The molecule has 198 valence electrons. The van der Waals surface area contributed by atoms with Crippen LogP contribution in [0.4, 0.5) is 11.5 Å². The SMILES string of the molecule is O=C(O)C(CCN1CC(OCCc2ccc3c(n2)NCCC3)C1)NC(=O)C1CCCN1c1ccccc1. The van der Waals surface area contributed by atoms with Gasteiger partial charge in [0.25, 0.3) is 0 Å². The number of benzene rings is 1. The maximum Gasteiger partial charge on any atom is 0.326 e. The molecule has 2 atom stereocenters. The lowest BCUT2D eigenvalue weighted by atomic mass is 10.1. The number of aryl methyl sites for hydroxylation is 1. The topological polar surface area (TPSA) is 107 Å². The van der Waals surface area contributed by atoms with Gasteiger partial charge >= 0.3 is 5.97 Å². The highest BCUT2D eigenvalue weighted by Crippen LogP contribution is 2.25. The van der Waals surface area contributed by atoms with Crippen LogP contribution in [0.5, 0.6) is 0 Å². The summed E-state index contributed by atoms with van der Waals surface area (Å²) >= 11 is 0. The van der Waals surface area contributed by atoms with Gasteiger partial charge in [0, 0.05) is 50.5 Å². The number of carboxylic acid groups (broad SMARTS) is 1. The predicted octanol–water partition coefficient (Wildman–Crippen LogP) is 2.31. The van der Waals surface area contributed by atoms with Gasteiger partial charge in [-0.05, 0) is 55.9 Å². The van der Waals surface area contributed by atoms with E-state index in [0.29, 0.717) is 19.6 Å². The molecule has 1 aromatic carbocycles. The number of fused-ring (bicyclic) bond motifs is 1. The summed E-state index contributed by atoms with van der Waals surface area (Å²) in [6.45, 7) is 4.58. The second kappa shape index (κ2) is 11.9. The van der Waals surface area contributed by atoms with Gasteiger partial charge in [0.15, 0.2) is 0 Å². The Morgan fingerprint density at radius 1 is 1.16 bits per heavy atom. The Kier molecular flexibility index (Phi) is 8.21. The summed E-state index contributed by atoms with van der Waals surface area (Å²) in [5.41, 5.74) is 3.33. The van der Waals surface area contributed by atoms with Crippen LogP contribution >= 0.6 is 0 Å². The highest BCUT2D eigenvalue weighted by atomic mass is 16.5. The summed E-state index contributed by atoms with van der Waals surface area (Å²) in [6, 6.07) is 12.9. The van der Waals surface area contributed by atoms with E-state index in [9.17, 15) is 14.7 Å². The minimum Gasteiger partial charge on any atom is -0.480 e. The van der Waals surface area contributed by atoms with Gasteiger partial charge < -0.3 is 25.4 Å². The summed E-state index contributed by atoms with van der Waals surface area (Å²) < 4.78 is 6.00. The molecule has 2 fully saturated rings. The second-order valence-electron chi connectivity index (χ2n) is 10.2. The number of pyridine rings is 1. The van der Waals surface area contributed by atoms with Crippen LogP contribution < -0.4 is 15.5 Å². The third-order valence-corrected chi connectivity index (χ3v) is 7.58. The van der Waals surface area contributed by atoms with Crippen LogP contribution in [0.1, 0.15) is 36.9 Å². The first kappa shape index (κ1) is 25.5. The van der Waals surface area contributed by atoms with Crippen molar-refractivity contribution in [2.75, 3.05) is 49.5 Å². The number of nitrogens with zero attached hydrogens (tertiary/aromatic N) is 3. The molecule has 4 heterocycles. The Bertz CT molecular complexity index is 1080. The maximum absolute atomic E-state index is 13.0. The number of hydrogen-bond donors (Lipinski definition) is 3. The molecule has 3 N–H and O–H groups in total. The van der Waals surface area contributed by atoms with Gasteiger partial charge in [-0.25, -0.2) is 9.78 Å². The standard InChI is InChI=1S/C28H37N5O4/c34-27(25-9-5-15-33(25)22-7-2-1-3-8-22)31-24(28(35)36)12-16-32-18-23(19-32)37-17-13-21-11-10-20-6-4-14-29-26(20)30-21/h1-3,7-8,10-11,23-25H,4-6,9,12-19H2,(H,29,30)(H,31,34)(H,35,36). The van der Waals surface area contributed by atoms with E-state index in [2.05, 4.69) is 32.6 Å². The molecule has 3 aliphatic heterocycles. The lowest BCUT2D eigenvalue weighted by molar-refractivity contribution is -0.142. The maximum atomic E-state index is 13.0. The molecule has 37 heavy (non-hydrogen) atoms. The number of rotatable bonds is 11. The van der Waals surface area contributed by atoms with Crippen molar-refractivity contribution < 1.29 is 19.4 Å². The number of carboxylic acids is 1. The third kappa shape index (κ3) is 6.40. The number of anilines is 2. The third-order valence-electron chi connectivity index (χ3n) is 7.58. The van der Waals surface area contributed by atoms with E-state index in [1.165, 1.54) is 5.56 Å². The van der Waals surface area contributed by atoms with Crippen LogP contribution in [0.3, 0.4) is 0 Å². The minimum absolute atomic E-state index is 0.159. The van der Waals surface area contributed by atoms with Gasteiger partial charge in [-0.15, -0.1) is 0 Å². The molecule has 0 radical (unpaired) electrons. The molecule has 0 bridgehead atoms. The van der Waals surface area contributed by atoms with E-state index < -0.39 is 12.0 Å². The lowest BCUT2D eigenvalue weighted by Crippen LogP contribution is -2.55. The Hall–Kier alpha value is -3.17. The molecule has 2 unspecified atom stereocenters. The highest BCUT2D eigenvalue weighted by molar-refractivity contribution is 5.89. The van der Waals surface area contributed by atoms with Crippen molar-refractivity contribution in [3.63, 3.8) is 0 Å². The van der Waals surface area contributed by atoms with Crippen LogP contribution in [0, 0.1) is 0 Å². The average molecular weight is 508 g/mol. The Morgan fingerprint density at radius 3 is 2.81 bits per heavy atom. The first-order chi connectivity index (χ1) is 18.1. The fourth-order valence-electron chi connectivity index (χ4n) is 5.45. The van der Waals surface area contributed by atoms with Crippen molar-refractivity contribution in [3.05, 3.63) is 53.7 Å². The van der Waals surface area contributed by atoms with E-state index in [1.807, 2.05) is 30.3 Å². The Balaban J connectivity index is 1.02. The molecule has 1 amide bonds. The van der Waals surface area contributed by atoms with Gasteiger partial charge in [0.2, 0.25) is 5.91 Å². The van der Waals surface area contributed by atoms with E-state index in [1.54, 1.807) is 0 Å². The van der Waals surface area contributed by atoms with Crippen LogP contribution in [-0.4, -0.2) is 84.4 Å². The van der Waals surface area contributed by atoms with Crippen molar-refractivity contribution in [1.29, 1.82) is 0 Å². The summed E-state index contributed by atoms with van der Waals surface area (Å²) in [5.74, 6) is -0.179. The van der Waals surface area contributed by atoms with Crippen LogP contribution in [0.25, 0.3) is 0 Å². The number of aliphatic carboxylic acids is 1. The number of carbonyl (C=O) groups excluding carboxylic acids is 1. The fraction of sp³-hybridized carbons (Fsp3) is 0.536. The number of amides is 1. The van der Waals surface area contributed by atoms with Crippen molar-refractivity contribution in [2.24, 2.45) is 0 Å². The number of carbonyl (C=O) groups is 2. The Labute approximate surface area is 218 Å². The summed E-state index contributed by atoms with van der Waals surface area (Å²) in [4.78, 5) is 33.8. The number of ether oxygens (including phenoxy) is 1. The molecule has 1 aromatic heterocycles. The molecule has 2 saturated heterocycles. The van der Waals surface area contributed by atoms with Crippen molar-refractivity contribution >= 4 is 23.4 Å². The fourth-order valence-corrected chi connectivity index (χ4v) is 5.45. The van der Waals surface area contributed by atoms with Gasteiger partial charge in [0.05, 0.1) is 12.7 Å². The molecule has 3 aliphatic rings. The molecule has 2 aromatic rings. The quantitative estimate of drug-likeness (QED) is 0.426. The molecule has 9 heteroatoms. The normalized spacial score (nSPS) is 20.5. The molecule has 0 saturated carbocycles. The lowest BCUT2D eigenvalue weighted by Gasteiger charge is -2.39. The molecular weight excluding hydrogens is 470 g/mol. The van der Waals surface area contributed by atoms with Crippen molar-refractivity contribution in [2.45, 2.75) is 56.7 Å². The van der Waals surface area contributed by atoms with Crippen molar-refractivity contribution in [3.8, 4) is 0 Å². The number of hydrogen-bond acceptors (Lipinski definition) is 7. The summed E-state index contributed by atoms with van der Waals surface area (Å²) in [7, 11) is 0. The molecule has 0 spiro atoms. The van der Waals surface area contributed by atoms with Gasteiger partial charge in [-0.2, -0.15) is 0 Å².